The van der Waals surface area contributed by atoms with Gasteiger partial charge in [-0.2, -0.15) is 0 Å². The van der Waals surface area contributed by atoms with Crippen LogP contribution in [0.15, 0.2) is 0 Å². The Morgan fingerprint density at radius 3 is 2.74 bits per heavy atom. The highest BCUT2D eigenvalue weighted by molar-refractivity contribution is 5.83. The van der Waals surface area contributed by atoms with E-state index in [1.807, 2.05) is 0 Å². The van der Waals surface area contributed by atoms with Crippen LogP contribution in [0.1, 0.15) is 19.3 Å². The molecule has 0 aromatic rings. The van der Waals surface area contributed by atoms with E-state index in [0.29, 0.717) is 37.9 Å². The summed E-state index contributed by atoms with van der Waals surface area (Å²) in [6, 6.07) is 0.309. The number of amides is 2. The van der Waals surface area contributed by atoms with Crippen molar-refractivity contribution in [3.8, 4) is 0 Å². The van der Waals surface area contributed by atoms with Crippen LogP contribution in [0.5, 0.6) is 0 Å². The van der Waals surface area contributed by atoms with Crippen molar-refractivity contribution >= 4 is 11.8 Å². The predicted molar refractivity (Wildman–Crippen MR) is 83.8 cm³/mol. The zero-order valence-corrected chi connectivity index (χ0v) is 13.6. The number of morpholine rings is 1. The van der Waals surface area contributed by atoms with Gasteiger partial charge in [0.2, 0.25) is 11.8 Å². The molecule has 0 radical (unpaired) electrons. The van der Waals surface area contributed by atoms with Crippen molar-refractivity contribution in [1.82, 2.24) is 15.5 Å². The number of piperidine rings is 1. The molecule has 3 fully saturated rings. The van der Waals surface area contributed by atoms with E-state index >= 15 is 0 Å². The molecule has 2 N–H and O–H groups in total. The van der Waals surface area contributed by atoms with Crippen molar-refractivity contribution < 1.29 is 19.1 Å². The van der Waals surface area contributed by atoms with Crippen molar-refractivity contribution in [2.45, 2.75) is 25.3 Å². The first-order valence-electron chi connectivity index (χ1n) is 8.68. The highest BCUT2D eigenvalue weighted by Crippen LogP contribution is 2.22. The van der Waals surface area contributed by atoms with Gasteiger partial charge in [0, 0.05) is 51.2 Å². The average Bonchev–Trinajstić information content (AvgIpc) is 3.11. The lowest BCUT2D eigenvalue weighted by atomic mass is 9.95. The van der Waals surface area contributed by atoms with E-state index in [1.54, 1.807) is 0 Å². The molecule has 3 saturated heterocycles. The van der Waals surface area contributed by atoms with Gasteiger partial charge in [0.25, 0.3) is 0 Å². The van der Waals surface area contributed by atoms with Gasteiger partial charge in [-0.05, 0) is 12.8 Å². The van der Waals surface area contributed by atoms with Crippen LogP contribution in [0.2, 0.25) is 0 Å². The van der Waals surface area contributed by atoms with E-state index in [4.69, 9.17) is 9.47 Å². The molecule has 0 bridgehead atoms. The van der Waals surface area contributed by atoms with Gasteiger partial charge in [0.1, 0.15) is 0 Å². The summed E-state index contributed by atoms with van der Waals surface area (Å²) in [4.78, 5) is 26.0. The number of hydrogen-bond acceptors (Lipinski definition) is 5. The van der Waals surface area contributed by atoms with Crippen LogP contribution in [0, 0.1) is 11.8 Å². The Morgan fingerprint density at radius 1 is 1.26 bits per heavy atom. The standard InChI is InChI=1S/C16H27N3O4/c20-15-2-1-12(9-17-15)16(21)18-10-14(13-3-6-23-11-13)19-4-7-22-8-5-19/h12-14H,1-11H2,(H,17,20)(H,18,21). The summed E-state index contributed by atoms with van der Waals surface area (Å²) in [5, 5.41) is 5.89. The molecule has 3 aliphatic heterocycles. The number of carbonyl (C=O) groups is 2. The van der Waals surface area contributed by atoms with Gasteiger partial charge in [-0.15, -0.1) is 0 Å². The normalized spacial score (nSPS) is 30.7. The molecule has 2 amide bonds. The van der Waals surface area contributed by atoms with E-state index < -0.39 is 0 Å². The first-order chi connectivity index (χ1) is 11.2. The second-order valence-electron chi connectivity index (χ2n) is 6.62. The van der Waals surface area contributed by atoms with Gasteiger partial charge in [-0.25, -0.2) is 0 Å². The number of nitrogens with zero attached hydrogens (tertiary/aromatic N) is 1. The summed E-state index contributed by atoms with van der Waals surface area (Å²) in [7, 11) is 0. The fraction of sp³-hybridized carbons (Fsp3) is 0.875. The van der Waals surface area contributed by atoms with Gasteiger partial charge in [0.05, 0.1) is 25.7 Å². The maximum absolute atomic E-state index is 12.4. The SMILES string of the molecule is O=C1CCC(C(=O)NCC(C2CCOC2)N2CCOCC2)CN1. The Hall–Kier alpha value is -1.18. The Balaban J connectivity index is 1.52. The third-order valence-electron chi connectivity index (χ3n) is 5.15. The molecule has 3 heterocycles. The number of rotatable bonds is 5. The Kier molecular flexibility index (Phi) is 5.85. The molecule has 3 atom stereocenters. The van der Waals surface area contributed by atoms with Gasteiger partial charge in [0.15, 0.2) is 0 Å². The lowest BCUT2D eigenvalue weighted by molar-refractivity contribution is -0.129. The van der Waals surface area contributed by atoms with E-state index in [9.17, 15) is 9.59 Å². The molecule has 7 nitrogen and oxygen atoms in total. The van der Waals surface area contributed by atoms with Crippen LogP contribution in [0.25, 0.3) is 0 Å². The van der Waals surface area contributed by atoms with Crippen LogP contribution < -0.4 is 10.6 Å². The maximum Gasteiger partial charge on any atom is 0.224 e. The van der Waals surface area contributed by atoms with Crippen molar-refractivity contribution in [3.05, 3.63) is 0 Å². The average molecular weight is 325 g/mol. The Bertz CT molecular complexity index is 410. The van der Waals surface area contributed by atoms with E-state index in [2.05, 4.69) is 15.5 Å². The van der Waals surface area contributed by atoms with Gasteiger partial charge in [-0.3, -0.25) is 14.5 Å². The first kappa shape index (κ1) is 16.7. The number of nitrogens with one attached hydrogen (secondary N) is 2. The maximum atomic E-state index is 12.4. The molecule has 0 aliphatic carbocycles. The lowest BCUT2D eigenvalue weighted by Crippen LogP contribution is -2.53. The highest BCUT2D eigenvalue weighted by atomic mass is 16.5. The molecule has 3 unspecified atom stereocenters. The van der Waals surface area contributed by atoms with Crippen molar-refractivity contribution in [2.75, 3.05) is 52.6 Å². The van der Waals surface area contributed by atoms with Gasteiger partial charge in [-0.1, -0.05) is 0 Å². The summed E-state index contributed by atoms with van der Waals surface area (Å²) in [5.74, 6) is 0.475. The molecule has 7 heteroatoms. The van der Waals surface area contributed by atoms with Gasteiger partial charge < -0.3 is 20.1 Å². The zero-order chi connectivity index (χ0) is 16.1. The number of carbonyl (C=O) groups excluding carboxylic acids is 2. The van der Waals surface area contributed by atoms with Crippen molar-refractivity contribution in [3.63, 3.8) is 0 Å². The fourth-order valence-electron chi connectivity index (χ4n) is 3.67. The third-order valence-corrected chi connectivity index (χ3v) is 5.15. The Morgan fingerprint density at radius 2 is 2.09 bits per heavy atom. The summed E-state index contributed by atoms with van der Waals surface area (Å²) in [6.07, 6.45) is 2.14. The molecule has 0 aromatic carbocycles. The monoisotopic (exact) mass is 325 g/mol. The minimum Gasteiger partial charge on any atom is -0.381 e. The predicted octanol–water partition coefficient (Wildman–Crippen LogP) is -0.634. The smallest absolute Gasteiger partial charge is 0.224 e. The minimum atomic E-state index is -0.0992. The second kappa shape index (κ2) is 8.08. The summed E-state index contributed by atoms with van der Waals surface area (Å²) in [6.45, 7) is 6.04. The quantitative estimate of drug-likeness (QED) is 0.703. The summed E-state index contributed by atoms with van der Waals surface area (Å²) in [5.41, 5.74) is 0. The van der Waals surface area contributed by atoms with Crippen LogP contribution >= 0.6 is 0 Å². The minimum absolute atomic E-state index is 0.0448. The molecule has 0 saturated carbocycles. The molecule has 23 heavy (non-hydrogen) atoms. The van der Waals surface area contributed by atoms with Crippen molar-refractivity contribution in [1.29, 1.82) is 0 Å². The molecular weight excluding hydrogens is 298 g/mol. The summed E-state index contributed by atoms with van der Waals surface area (Å²) >= 11 is 0. The number of ether oxygens (including phenoxy) is 2. The second-order valence-corrected chi connectivity index (χ2v) is 6.62. The molecule has 0 spiro atoms. The van der Waals surface area contributed by atoms with Gasteiger partial charge >= 0.3 is 0 Å². The van der Waals surface area contributed by atoms with Crippen molar-refractivity contribution in [2.24, 2.45) is 11.8 Å². The molecule has 0 aromatic heterocycles. The van der Waals surface area contributed by atoms with Crippen LogP contribution in [-0.2, 0) is 19.1 Å². The largest absolute Gasteiger partial charge is 0.381 e. The Labute approximate surface area is 137 Å². The third kappa shape index (κ3) is 4.43. The zero-order valence-electron chi connectivity index (χ0n) is 13.6. The van der Waals surface area contributed by atoms with Crippen LogP contribution in [0.3, 0.4) is 0 Å². The lowest BCUT2D eigenvalue weighted by Gasteiger charge is -2.37. The molecule has 130 valence electrons. The topological polar surface area (TPSA) is 79.9 Å². The van der Waals surface area contributed by atoms with Crippen LogP contribution in [-0.4, -0.2) is 75.4 Å². The molecule has 3 aliphatic rings. The molecule has 3 rings (SSSR count). The van der Waals surface area contributed by atoms with E-state index in [0.717, 1.165) is 45.9 Å². The van der Waals surface area contributed by atoms with Crippen LogP contribution in [0.4, 0.5) is 0 Å². The first-order valence-corrected chi connectivity index (χ1v) is 8.68. The summed E-state index contributed by atoms with van der Waals surface area (Å²) < 4.78 is 11.0. The number of hydrogen-bond donors (Lipinski definition) is 2. The fourth-order valence-corrected chi connectivity index (χ4v) is 3.67. The van der Waals surface area contributed by atoms with E-state index in [-0.39, 0.29) is 17.7 Å². The molecular formula is C16H27N3O4. The highest BCUT2D eigenvalue weighted by Gasteiger charge is 2.32. The van der Waals surface area contributed by atoms with E-state index in [1.165, 1.54) is 0 Å².